The van der Waals surface area contributed by atoms with Crippen molar-refractivity contribution in [3.8, 4) is 5.75 Å². The highest BCUT2D eigenvalue weighted by Gasteiger charge is 2.35. The van der Waals surface area contributed by atoms with Gasteiger partial charge in [-0.1, -0.05) is 0 Å². The summed E-state index contributed by atoms with van der Waals surface area (Å²) in [7, 11) is -2.45. The Morgan fingerprint density at radius 1 is 1.31 bits per heavy atom. The SMILES string of the molecule is COc1ccc(F)cc1S(=O)(=O)N1CCCSC[C@@H]1CN1CCOCC1. The molecule has 2 fully saturated rings. The van der Waals surface area contributed by atoms with Gasteiger partial charge in [-0.3, -0.25) is 4.90 Å². The first-order valence-corrected chi connectivity index (χ1v) is 11.3. The molecule has 26 heavy (non-hydrogen) atoms. The Bertz CT molecular complexity index is 711. The topological polar surface area (TPSA) is 59.1 Å². The third kappa shape index (κ3) is 4.51. The summed E-state index contributed by atoms with van der Waals surface area (Å²) >= 11 is 1.77. The Balaban J connectivity index is 1.90. The molecule has 2 heterocycles. The van der Waals surface area contributed by atoms with Gasteiger partial charge in [-0.25, -0.2) is 12.8 Å². The summed E-state index contributed by atoms with van der Waals surface area (Å²) in [5, 5.41) is 0. The molecule has 0 bridgehead atoms. The number of sulfonamides is 1. The van der Waals surface area contributed by atoms with Gasteiger partial charge in [0.2, 0.25) is 10.0 Å². The van der Waals surface area contributed by atoms with Gasteiger partial charge in [-0.05, 0) is 30.4 Å². The summed E-state index contributed by atoms with van der Waals surface area (Å²) in [6.07, 6.45) is 0.779. The Morgan fingerprint density at radius 2 is 2.08 bits per heavy atom. The molecule has 0 amide bonds. The van der Waals surface area contributed by atoms with Gasteiger partial charge in [-0.15, -0.1) is 0 Å². The van der Waals surface area contributed by atoms with E-state index in [2.05, 4.69) is 4.90 Å². The minimum atomic E-state index is -3.85. The summed E-state index contributed by atoms with van der Waals surface area (Å²) < 4.78 is 52.6. The number of rotatable bonds is 5. The number of methoxy groups -OCH3 is 1. The van der Waals surface area contributed by atoms with Gasteiger partial charge in [0, 0.05) is 38.0 Å². The maximum atomic E-state index is 13.8. The van der Waals surface area contributed by atoms with Gasteiger partial charge in [0.15, 0.2) is 0 Å². The Hall–Kier alpha value is -0.870. The maximum absolute atomic E-state index is 13.8. The summed E-state index contributed by atoms with van der Waals surface area (Å²) in [6.45, 7) is 4.04. The van der Waals surface area contributed by atoms with Crippen molar-refractivity contribution in [3.63, 3.8) is 0 Å². The van der Waals surface area contributed by atoms with E-state index in [1.54, 1.807) is 16.1 Å². The van der Waals surface area contributed by atoms with Crippen LogP contribution in [0.5, 0.6) is 5.75 Å². The number of halogens is 1. The van der Waals surface area contributed by atoms with E-state index in [9.17, 15) is 12.8 Å². The predicted octanol–water partition coefficient (Wildman–Crippen LogP) is 1.66. The number of benzene rings is 1. The van der Waals surface area contributed by atoms with E-state index in [1.807, 2.05) is 0 Å². The van der Waals surface area contributed by atoms with E-state index in [-0.39, 0.29) is 16.7 Å². The van der Waals surface area contributed by atoms with Crippen LogP contribution in [-0.4, -0.2) is 81.7 Å². The second-order valence-corrected chi connectivity index (χ2v) is 9.42. The van der Waals surface area contributed by atoms with Gasteiger partial charge in [0.1, 0.15) is 16.5 Å². The Kier molecular flexibility index (Phi) is 6.79. The lowest BCUT2D eigenvalue weighted by Gasteiger charge is -2.35. The fraction of sp³-hybridized carbons (Fsp3) is 0.647. The smallest absolute Gasteiger partial charge is 0.247 e. The lowest BCUT2D eigenvalue weighted by Crippen LogP contribution is -2.50. The minimum absolute atomic E-state index is 0.0983. The molecule has 6 nitrogen and oxygen atoms in total. The van der Waals surface area contributed by atoms with Crippen LogP contribution < -0.4 is 4.74 Å². The van der Waals surface area contributed by atoms with Crippen LogP contribution in [0.25, 0.3) is 0 Å². The fourth-order valence-corrected chi connectivity index (χ4v) is 6.30. The van der Waals surface area contributed by atoms with Gasteiger partial charge in [0.05, 0.1) is 20.3 Å². The molecule has 2 aliphatic rings. The Morgan fingerprint density at radius 3 is 2.81 bits per heavy atom. The van der Waals surface area contributed by atoms with Gasteiger partial charge in [0.25, 0.3) is 0 Å². The minimum Gasteiger partial charge on any atom is -0.495 e. The van der Waals surface area contributed by atoms with E-state index < -0.39 is 15.8 Å². The van der Waals surface area contributed by atoms with Crippen LogP contribution in [0, 0.1) is 5.82 Å². The van der Waals surface area contributed by atoms with Crippen molar-refractivity contribution in [3.05, 3.63) is 24.0 Å². The summed E-state index contributed by atoms with van der Waals surface area (Å²) in [4.78, 5) is 2.14. The highest BCUT2D eigenvalue weighted by Crippen LogP contribution is 2.31. The Labute approximate surface area is 158 Å². The van der Waals surface area contributed by atoms with E-state index in [0.717, 1.165) is 37.1 Å². The third-order valence-corrected chi connectivity index (χ3v) is 7.84. The molecule has 0 spiro atoms. The molecule has 0 N–H and O–H groups in total. The van der Waals surface area contributed by atoms with Crippen molar-refractivity contribution in [2.75, 3.05) is 58.0 Å². The molecule has 3 rings (SSSR count). The van der Waals surface area contributed by atoms with E-state index in [0.29, 0.717) is 26.3 Å². The molecule has 1 aromatic rings. The first-order chi connectivity index (χ1) is 12.5. The average Bonchev–Trinajstić information content (AvgIpc) is 2.88. The zero-order valence-corrected chi connectivity index (χ0v) is 16.5. The number of morpholine rings is 1. The highest BCUT2D eigenvalue weighted by molar-refractivity contribution is 7.99. The van der Waals surface area contributed by atoms with Gasteiger partial charge in [-0.2, -0.15) is 16.1 Å². The first-order valence-electron chi connectivity index (χ1n) is 8.75. The lowest BCUT2D eigenvalue weighted by molar-refractivity contribution is 0.0309. The van der Waals surface area contributed by atoms with Crippen molar-refractivity contribution >= 4 is 21.8 Å². The van der Waals surface area contributed by atoms with E-state index >= 15 is 0 Å². The lowest BCUT2D eigenvalue weighted by atomic mass is 10.2. The molecular formula is C17H25FN2O4S2. The highest BCUT2D eigenvalue weighted by atomic mass is 32.2. The van der Waals surface area contributed by atoms with Crippen LogP contribution in [0.3, 0.4) is 0 Å². The quantitative estimate of drug-likeness (QED) is 0.744. The van der Waals surface area contributed by atoms with Crippen LogP contribution in [0.15, 0.2) is 23.1 Å². The molecule has 0 aliphatic carbocycles. The second-order valence-electron chi connectivity index (χ2n) is 6.41. The molecule has 0 aromatic heterocycles. The van der Waals surface area contributed by atoms with Gasteiger partial charge < -0.3 is 9.47 Å². The number of hydrogen-bond donors (Lipinski definition) is 0. The molecule has 0 radical (unpaired) electrons. The number of ether oxygens (including phenoxy) is 2. The summed E-state index contributed by atoms with van der Waals surface area (Å²) in [6, 6.07) is 3.48. The number of nitrogens with zero attached hydrogens (tertiary/aromatic N) is 2. The van der Waals surface area contributed by atoms with Crippen molar-refractivity contribution in [1.29, 1.82) is 0 Å². The van der Waals surface area contributed by atoms with Crippen LogP contribution >= 0.6 is 11.8 Å². The molecule has 1 atom stereocenters. The van der Waals surface area contributed by atoms with Crippen molar-refractivity contribution in [2.24, 2.45) is 0 Å². The predicted molar refractivity (Wildman–Crippen MR) is 99.8 cm³/mol. The van der Waals surface area contributed by atoms with Gasteiger partial charge >= 0.3 is 0 Å². The largest absolute Gasteiger partial charge is 0.495 e. The second kappa shape index (κ2) is 8.88. The van der Waals surface area contributed by atoms with Crippen LogP contribution in [0.4, 0.5) is 4.39 Å². The molecule has 9 heteroatoms. The third-order valence-electron chi connectivity index (χ3n) is 4.67. The van der Waals surface area contributed by atoms with Crippen LogP contribution in [0.2, 0.25) is 0 Å². The summed E-state index contributed by atoms with van der Waals surface area (Å²) in [5.74, 6) is 1.24. The maximum Gasteiger partial charge on any atom is 0.247 e. The average molecular weight is 405 g/mol. The molecule has 2 saturated heterocycles. The zero-order chi connectivity index (χ0) is 18.6. The zero-order valence-electron chi connectivity index (χ0n) is 14.9. The number of thioether (sulfide) groups is 1. The standard InChI is InChI=1S/C17H25FN2O4S2/c1-23-16-4-3-14(18)11-17(16)26(21,22)20-5-2-10-25-13-15(20)12-19-6-8-24-9-7-19/h3-4,11,15H,2,5-10,12-13H2,1H3/t15-/m0/s1. The molecule has 1 aromatic carbocycles. The molecule has 2 aliphatic heterocycles. The molecule has 0 saturated carbocycles. The molecule has 146 valence electrons. The van der Waals surface area contributed by atoms with Crippen LogP contribution in [0.1, 0.15) is 6.42 Å². The summed E-state index contributed by atoms with van der Waals surface area (Å²) in [5.41, 5.74) is 0. The number of hydrogen-bond acceptors (Lipinski definition) is 6. The fourth-order valence-electron chi connectivity index (χ4n) is 3.33. The molecule has 0 unspecified atom stereocenters. The van der Waals surface area contributed by atoms with Crippen LogP contribution in [-0.2, 0) is 14.8 Å². The monoisotopic (exact) mass is 404 g/mol. The molecular weight excluding hydrogens is 379 g/mol. The van der Waals surface area contributed by atoms with Crippen molar-refractivity contribution in [1.82, 2.24) is 9.21 Å². The van der Waals surface area contributed by atoms with E-state index in [4.69, 9.17) is 9.47 Å². The first kappa shape index (κ1) is 19.9. The van der Waals surface area contributed by atoms with E-state index in [1.165, 1.54) is 19.2 Å². The normalized spacial score (nSPS) is 23.5. The van der Waals surface area contributed by atoms with Crippen molar-refractivity contribution in [2.45, 2.75) is 17.4 Å². The van der Waals surface area contributed by atoms with Crippen molar-refractivity contribution < 1.29 is 22.3 Å².